The fourth-order valence-electron chi connectivity index (χ4n) is 2.62. The zero-order valence-electron chi connectivity index (χ0n) is 12.7. The minimum absolute atomic E-state index is 0.0469. The third kappa shape index (κ3) is 4.25. The molecule has 0 spiro atoms. The SMILES string of the molecule is O=C(CN1CCN(Cc2ccc(F)c(F)c2)C(=O)C1)NC1CC1. The van der Waals surface area contributed by atoms with Crippen LogP contribution >= 0.6 is 0 Å². The predicted octanol–water partition coefficient (Wildman–Crippen LogP) is 0.888. The highest BCUT2D eigenvalue weighted by Crippen LogP contribution is 2.18. The van der Waals surface area contributed by atoms with Crippen molar-refractivity contribution in [1.29, 1.82) is 0 Å². The van der Waals surface area contributed by atoms with E-state index >= 15 is 0 Å². The van der Waals surface area contributed by atoms with E-state index in [1.54, 1.807) is 4.90 Å². The first-order chi connectivity index (χ1) is 11.0. The van der Waals surface area contributed by atoms with Crippen molar-refractivity contribution in [2.24, 2.45) is 0 Å². The van der Waals surface area contributed by atoms with Gasteiger partial charge in [0.1, 0.15) is 0 Å². The van der Waals surface area contributed by atoms with Crippen molar-refractivity contribution < 1.29 is 18.4 Å². The Bertz CT molecular complexity index is 619. The maximum absolute atomic E-state index is 13.2. The summed E-state index contributed by atoms with van der Waals surface area (Å²) in [5.74, 6) is -1.97. The van der Waals surface area contributed by atoms with E-state index < -0.39 is 11.6 Å². The molecule has 23 heavy (non-hydrogen) atoms. The fraction of sp³-hybridized carbons (Fsp3) is 0.500. The summed E-state index contributed by atoms with van der Waals surface area (Å²) in [6.45, 7) is 1.70. The second kappa shape index (κ2) is 6.62. The van der Waals surface area contributed by atoms with E-state index in [0.29, 0.717) is 24.7 Å². The van der Waals surface area contributed by atoms with Crippen LogP contribution in [0.4, 0.5) is 8.78 Å². The van der Waals surface area contributed by atoms with Crippen LogP contribution in [-0.4, -0.2) is 53.8 Å². The van der Waals surface area contributed by atoms with E-state index in [1.165, 1.54) is 6.07 Å². The van der Waals surface area contributed by atoms with Crippen molar-refractivity contribution in [2.75, 3.05) is 26.2 Å². The van der Waals surface area contributed by atoms with Gasteiger partial charge >= 0.3 is 0 Å². The Kier molecular flexibility index (Phi) is 4.56. The Balaban J connectivity index is 1.50. The lowest BCUT2D eigenvalue weighted by molar-refractivity contribution is -0.137. The molecule has 0 unspecified atom stereocenters. The van der Waals surface area contributed by atoms with Crippen LogP contribution in [0.15, 0.2) is 18.2 Å². The van der Waals surface area contributed by atoms with E-state index in [9.17, 15) is 18.4 Å². The maximum Gasteiger partial charge on any atom is 0.237 e. The van der Waals surface area contributed by atoms with Crippen molar-refractivity contribution >= 4 is 11.8 Å². The average Bonchev–Trinajstić information content (AvgIpc) is 3.29. The number of hydrogen-bond donors (Lipinski definition) is 1. The molecule has 1 aromatic carbocycles. The average molecular weight is 323 g/mol. The van der Waals surface area contributed by atoms with E-state index in [4.69, 9.17) is 0 Å². The number of piperazine rings is 1. The van der Waals surface area contributed by atoms with Crippen LogP contribution in [0.1, 0.15) is 18.4 Å². The molecule has 1 aromatic rings. The number of hydrogen-bond acceptors (Lipinski definition) is 3. The van der Waals surface area contributed by atoms with Crippen molar-refractivity contribution in [3.8, 4) is 0 Å². The molecule has 0 aromatic heterocycles. The highest BCUT2D eigenvalue weighted by atomic mass is 19.2. The number of halogens is 2. The van der Waals surface area contributed by atoms with Crippen LogP contribution in [0.5, 0.6) is 0 Å². The van der Waals surface area contributed by atoms with Crippen LogP contribution in [0.2, 0.25) is 0 Å². The molecule has 2 fully saturated rings. The predicted molar refractivity (Wildman–Crippen MR) is 79.4 cm³/mol. The Hall–Kier alpha value is -2.02. The summed E-state index contributed by atoms with van der Waals surface area (Å²) >= 11 is 0. The molecule has 1 heterocycles. The molecular formula is C16H19F2N3O2. The number of amides is 2. The van der Waals surface area contributed by atoms with Gasteiger partial charge in [-0.2, -0.15) is 0 Å². The number of carbonyl (C=O) groups excluding carboxylic acids is 2. The van der Waals surface area contributed by atoms with Gasteiger partial charge in [0.2, 0.25) is 11.8 Å². The second-order valence-electron chi connectivity index (χ2n) is 6.12. The third-order valence-corrected chi connectivity index (χ3v) is 4.06. The van der Waals surface area contributed by atoms with Crippen LogP contribution < -0.4 is 5.32 Å². The quantitative estimate of drug-likeness (QED) is 0.875. The normalized spacial score (nSPS) is 19.0. The molecule has 2 amide bonds. The maximum atomic E-state index is 13.2. The summed E-state index contributed by atoms with van der Waals surface area (Å²) in [7, 11) is 0. The molecule has 1 aliphatic carbocycles. The zero-order valence-corrected chi connectivity index (χ0v) is 12.7. The monoisotopic (exact) mass is 323 g/mol. The van der Waals surface area contributed by atoms with Gasteiger partial charge in [-0.05, 0) is 30.5 Å². The molecule has 7 heteroatoms. The Morgan fingerprint density at radius 3 is 2.65 bits per heavy atom. The molecule has 1 aliphatic heterocycles. The van der Waals surface area contributed by atoms with Crippen molar-refractivity contribution in [2.45, 2.75) is 25.4 Å². The molecule has 0 atom stereocenters. The lowest BCUT2D eigenvalue weighted by Crippen LogP contribution is -2.52. The van der Waals surface area contributed by atoms with E-state index in [1.807, 2.05) is 4.90 Å². The van der Waals surface area contributed by atoms with Gasteiger partial charge in [0, 0.05) is 25.7 Å². The van der Waals surface area contributed by atoms with Crippen LogP contribution in [0, 0.1) is 11.6 Å². The standard InChI is InChI=1S/C16H19F2N3O2/c17-13-4-1-11(7-14(13)18)8-21-6-5-20(10-16(21)23)9-15(22)19-12-2-3-12/h1,4,7,12H,2-3,5-6,8-10H2,(H,19,22). The number of nitrogens with zero attached hydrogens (tertiary/aromatic N) is 2. The van der Waals surface area contributed by atoms with Crippen molar-refractivity contribution in [3.63, 3.8) is 0 Å². The van der Waals surface area contributed by atoms with E-state index in [2.05, 4.69) is 5.32 Å². The van der Waals surface area contributed by atoms with Gasteiger partial charge in [-0.3, -0.25) is 14.5 Å². The summed E-state index contributed by atoms with van der Waals surface area (Å²) in [6, 6.07) is 3.96. The van der Waals surface area contributed by atoms with E-state index in [0.717, 1.165) is 25.0 Å². The minimum atomic E-state index is -0.912. The fourth-order valence-corrected chi connectivity index (χ4v) is 2.62. The Morgan fingerprint density at radius 2 is 2.00 bits per heavy atom. The molecule has 0 bridgehead atoms. The minimum Gasteiger partial charge on any atom is -0.352 e. The number of rotatable bonds is 5. The highest BCUT2D eigenvalue weighted by Gasteiger charge is 2.28. The van der Waals surface area contributed by atoms with Gasteiger partial charge in [0.15, 0.2) is 11.6 Å². The Morgan fingerprint density at radius 1 is 1.22 bits per heavy atom. The summed E-state index contributed by atoms with van der Waals surface area (Å²) in [4.78, 5) is 27.3. The summed E-state index contributed by atoms with van der Waals surface area (Å²) < 4.78 is 26.1. The van der Waals surface area contributed by atoms with Crippen molar-refractivity contribution in [3.05, 3.63) is 35.4 Å². The van der Waals surface area contributed by atoms with Gasteiger partial charge in [-0.1, -0.05) is 6.07 Å². The van der Waals surface area contributed by atoms with Crippen LogP contribution in [0.25, 0.3) is 0 Å². The Labute approximate surface area is 133 Å². The largest absolute Gasteiger partial charge is 0.352 e. The molecule has 5 nitrogen and oxygen atoms in total. The third-order valence-electron chi connectivity index (χ3n) is 4.06. The first-order valence-electron chi connectivity index (χ1n) is 7.74. The number of carbonyl (C=O) groups is 2. The number of benzene rings is 1. The topological polar surface area (TPSA) is 52.7 Å². The molecule has 3 rings (SSSR count). The first kappa shape index (κ1) is 15.9. The first-order valence-corrected chi connectivity index (χ1v) is 7.74. The molecule has 1 saturated carbocycles. The van der Waals surface area contributed by atoms with E-state index in [-0.39, 0.29) is 31.4 Å². The molecule has 0 radical (unpaired) electrons. The smallest absolute Gasteiger partial charge is 0.237 e. The molecule has 1 saturated heterocycles. The summed E-state index contributed by atoms with van der Waals surface area (Å²) in [6.07, 6.45) is 2.07. The van der Waals surface area contributed by atoms with Crippen LogP contribution in [-0.2, 0) is 16.1 Å². The molecule has 124 valence electrons. The van der Waals surface area contributed by atoms with Gasteiger partial charge < -0.3 is 10.2 Å². The second-order valence-corrected chi connectivity index (χ2v) is 6.12. The van der Waals surface area contributed by atoms with Gasteiger partial charge in [0.05, 0.1) is 13.1 Å². The lowest BCUT2D eigenvalue weighted by atomic mass is 10.2. The summed E-state index contributed by atoms with van der Waals surface area (Å²) in [5, 5.41) is 2.90. The molecule has 2 aliphatic rings. The number of nitrogens with one attached hydrogen (secondary N) is 1. The lowest BCUT2D eigenvalue weighted by Gasteiger charge is -2.34. The van der Waals surface area contributed by atoms with Gasteiger partial charge in [0.25, 0.3) is 0 Å². The van der Waals surface area contributed by atoms with Gasteiger partial charge in [-0.25, -0.2) is 8.78 Å². The van der Waals surface area contributed by atoms with Crippen LogP contribution in [0.3, 0.4) is 0 Å². The zero-order chi connectivity index (χ0) is 16.4. The highest BCUT2D eigenvalue weighted by molar-refractivity contribution is 5.82. The summed E-state index contributed by atoms with van der Waals surface area (Å²) in [5.41, 5.74) is 0.553. The molecular weight excluding hydrogens is 304 g/mol. The van der Waals surface area contributed by atoms with Crippen molar-refractivity contribution in [1.82, 2.24) is 15.1 Å². The van der Waals surface area contributed by atoms with Gasteiger partial charge in [-0.15, -0.1) is 0 Å². The molecule has 1 N–H and O–H groups in total.